The molecule has 3 heterocycles. The molecule has 0 atom stereocenters. The summed E-state index contributed by atoms with van der Waals surface area (Å²) in [6.07, 6.45) is 1.81. The number of aryl methyl sites for hydroxylation is 1. The summed E-state index contributed by atoms with van der Waals surface area (Å²) in [6.45, 7) is 4.67. The van der Waals surface area contributed by atoms with Crippen LogP contribution in [0.15, 0.2) is 18.2 Å². The van der Waals surface area contributed by atoms with Crippen LogP contribution >= 0.6 is 0 Å². The second-order valence-electron chi connectivity index (χ2n) is 6.15. The highest BCUT2D eigenvalue weighted by molar-refractivity contribution is 5.95. The Bertz CT molecular complexity index is 888. The van der Waals surface area contributed by atoms with Crippen molar-refractivity contribution in [2.45, 2.75) is 12.8 Å². The van der Waals surface area contributed by atoms with E-state index >= 15 is 0 Å². The first kappa shape index (κ1) is 16.0. The Morgan fingerprint density at radius 3 is 2.88 bits per heavy atom. The van der Waals surface area contributed by atoms with Gasteiger partial charge in [-0.15, -0.1) is 5.10 Å². The van der Waals surface area contributed by atoms with Crippen LogP contribution in [0, 0.1) is 0 Å². The number of nitrogen functional groups attached to an aromatic ring is 1. The van der Waals surface area contributed by atoms with Crippen LogP contribution in [0.1, 0.15) is 12.2 Å². The molecule has 25 heavy (non-hydrogen) atoms. The van der Waals surface area contributed by atoms with Gasteiger partial charge in [-0.3, -0.25) is 4.90 Å². The summed E-state index contributed by atoms with van der Waals surface area (Å²) in [7, 11) is 1.62. The molecule has 0 radical (unpaired) electrons. The lowest BCUT2D eigenvalue weighted by Crippen LogP contribution is -2.36. The van der Waals surface area contributed by atoms with Gasteiger partial charge in [0.25, 0.3) is 0 Å². The number of hydrogen-bond donors (Lipinski definition) is 1. The fourth-order valence-corrected chi connectivity index (χ4v) is 3.22. The van der Waals surface area contributed by atoms with E-state index in [0.29, 0.717) is 17.2 Å². The summed E-state index contributed by atoms with van der Waals surface area (Å²) in [4.78, 5) is 11.5. The zero-order valence-electron chi connectivity index (χ0n) is 14.3. The lowest BCUT2D eigenvalue weighted by molar-refractivity contribution is 0.0374. The maximum absolute atomic E-state index is 6.08. The molecule has 1 fully saturated rings. The smallest absolute Gasteiger partial charge is 0.223 e. The van der Waals surface area contributed by atoms with Crippen molar-refractivity contribution < 1.29 is 9.47 Å². The van der Waals surface area contributed by atoms with Crippen molar-refractivity contribution in [1.82, 2.24) is 24.5 Å². The predicted molar refractivity (Wildman–Crippen MR) is 94.8 cm³/mol. The van der Waals surface area contributed by atoms with Gasteiger partial charge in [0.2, 0.25) is 5.95 Å². The number of nitrogens with zero attached hydrogens (tertiary/aromatic N) is 5. The van der Waals surface area contributed by atoms with Crippen molar-refractivity contribution in [3.8, 4) is 5.75 Å². The highest BCUT2D eigenvalue weighted by atomic mass is 16.5. The number of nitrogens with two attached hydrogens (primary N) is 1. The second kappa shape index (κ2) is 6.81. The zero-order valence-corrected chi connectivity index (χ0v) is 14.3. The maximum atomic E-state index is 6.08. The summed E-state index contributed by atoms with van der Waals surface area (Å²) in [6, 6.07) is 5.75. The van der Waals surface area contributed by atoms with E-state index < -0.39 is 0 Å². The minimum Gasteiger partial charge on any atom is -0.494 e. The first-order valence-electron chi connectivity index (χ1n) is 8.54. The number of aromatic nitrogens is 4. The van der Waals surface area contributed by atoms with Crippen LogP contribution < -0.4 is 10.5 Å². The van der Waals surface area contributed by atoms with Gasteiger partial charge in [0.1, 0.15) is 11.3 Å². The number of rotatable bonds is 5. The van der Waals surface area contributed by atoms with E-state index in [9.17, 15) is 0 Å². The van der Waals surface area contributed by atoms with E-state index in [0.717, 1.165) is 62.5 Å². The molecule has 1 aromatic carbocycles. The third kappa shape index (κ3) is 3.10. The molecule has 0 unspecified atom stereocenters. The number of hydrogen-bond acceptors (Lipinski definition) is 7. The molecule has 0 saturated carbocycles. The van der Waals surface area contributed by atoms with Gasteiger partial charge in [0.05, 0.1) is 20.3 Å². The van der Waals surface area contributed by atoms with Gasteiger partial charge in [-0.25, -0.2) is 9.97 Å². The Kier molecular flexibility index (Phi) is 4.37. The largest absolute Gasteiger partial charge is 0.494 e. The number of benzene rings is 1. The van der Waals surface area contributed by atoms with Crippen LogP contribution in [-0.4, -0.2) is 64.4 Å². The fourth-order valence-electron chi connectivity index (χ4n) is 3.22. The summed E-state index contributed by atoms with van der Waals surface area (Å²) < 4.78 is 12.4. The third-order valence-corrected chi connectivity index (χ3v) is 4.53. The average molecular weight is 342 g/mol. The lowest BCUT2D eigenvalue weighted by Gasteiger charge is -2.26. The molecule has 4 rings (SSSR count). The Morgan fingerprint density at radius 2 is 2.08 bits per heavy atom. The van der Waals surface area contributed by atoms with Crippen molar-refractivity contribution in [2.75, 3.05) is 45.7 Å². The van der Waals surface area contributed by atoms with Crippen LogP contribution in [0.25, 0.3) is 16.6 Å². The Hall–Kier alpha value is -2.45. The predicted octanol–water partition coefficient (Wildman–Crippen LogP) is 1.13. The summed E-state index contributed by atoms with van der Waals surface area (Å²) in [5.74, 6) is 1.79. The fraction of sp³-hybridized carbons (Fsp3) is 0.471. The molecule has 8 heteroatoms. The van der Waals surface area contributed by atoms with Crippen molar-refractivity contribution in [3.63, 3.8) is 0 Å². The van der Waals surface area contributed by atoms with Gasteiger partial charge in [-0.1, -0.05) is 6.07 Å². The average Bonchev–Trinajstić information content (AvgIpc) is 3.07. The van der Waals surface area contributed by atoms with Gasteiger partial charge in [-0.2, -0.15) is 4.52 Å². The first-order chi connectivity index (χ1) is 12.3. The Balaban J connectivity index is 1.58. The number of morpholine rings is 1. The molecule has 1 aliphatic rings. The summed E-state index contributed by atoms with van der Waals surface area (Å²) >= 11 is 0. The molecular formula is C17H22N6O2. The maximum Gasteiger partial charge on any atom is 0.223 e. The molecule has 2 aromatic heterocycles. The van der Waals surface area contributed by atoms with Gasteiger partial charge < -0.3 is 15.2 Å². The van der Waals surface area contributed by atoms with E-state index in [1.54, 1.807) is 11.6 Å². The Morgan fingerprint density at radius 1 is 1.24 bits per heavy atom. The minimum absolute atomic E-state index is 0.318. The van der Waals surface area contributed by atoms with Crippen molar-refractivity contribution >= 4 is 22.5 Å². The molecule has 3 aromatic rings. The molecule has 1 saturated heterocycles. The van der Waals surface area contributed by atoms with Gasteiger partial charge in [-0.05, 0) is 25.1 Å². The monoisotopic (exact) mass is 342 g/mol. The number of ether oxygens (including phenoxy) is 2. The van der Waals surface area contributed by atoms with Crippen LogP contribution in [0.5, 0.6) is 5.75 Å². The zero-order chi connectivity index (χ0) is 17.2. The normalized spacial score (nSPS) is 15.9. The molecule has 132 valence electrons. The quantitative estimate of drug-likeness (QED) is 0.743. The molecule has 0 bridgehead atoms. The number of anilines is 1. The highest BCUT2D eigenvalue weighted by Crippen LogP contribution is 2.27. The standard InChI is InChI=1S/C17H22N6O2/c1-24-13-5-2-4-12-15(13)20-17(18)23-16(12)19-14(21-23)6-3-7-22-8-10-25-11-9-22/h2,4-5H,3,6-11H2,1H3,(H2,18,20). The van der Waals surface area contributed by atoms with Crippen molar-refractivity contribution in [1.29, 1.82) is 0 Å². The first-order valence-corrected chi connectivity index (χ1v) is 8.54. The van der Waals surface area contributed by atoms with E-state index in [1.165, 1.54) is 0 Å². The van der Waals surface area contributed by atoms with E-state index in [-0.39, 0.29) is 0 Å². The van der Waals surface area contributed by atoms with Crippen LogP contribution in [0.3, 0.4) is 0 Å². The summed E-state index contributed by atoms with van der Waals surface area (Å²) in [5, 5.41) is 5.42. The molecule has 0 spiro atoms. The van der Waals surface area contributed by atoms with Crippen molar-refractivity contribution in [2.24, 2.45) is 0 Å². The number of methoxy groups -OCH3 is 1. The van der Waals surface area contributed by atoms with Gasteiger partial charge >= 0.3 is 0 Å². The van der Waals surface area contributed by atoms with Crippen LogP contribution in [0.2, 0.25) is 0 Å². The van der Waals surface area contributed by atoms with E-state index in [4.69, 9.17) is 20.2 Å². The highest BCUT2D eigenvalue weighted by Gasteiger charge is 2.15. The van der Waals surface area contributed by atoms with Crippen LogP contribution in [0.4, 0.5) is 5.95 Å². The molecule has 1 aliphatic heterocycles. The topological polar surface area (TPSA) is 90.8 Å². The van der Waals surface area contributed by atoms with Crippen LogP contribution in [-0.2, 0) is 11.2 Å². The molecule has 0 amide bonds. The molecule has 2 N–H and O–H groups in total. The van der Waals surface area contributed by atoms with E-state index in [2.05, 4.69) is 15.0 Å². The number of fused-ring (bicyclic) bond motifs is 3. The molecular weight excluding hydrogens is 320 g/mol. The van der Waals surface area contributed by atoms with Gasteiger partial charge in [0, 0.05) is 24.9 Å². The SMILES string of the molecule is COc1cccc2c1nc(N)n1nc(CCCN3CCOCC3)nc21. The lowest BCUT2D eigenvalue weighted by atomic mass is 10.2. The van der Waals surface area contributed by atoms with E-state index in [1.807, 2.05) is 18.2 Å². The Labute approximate surface area is 145 Å². The second-order valence-corrected chi connectivity index (χ2v) is 6.15. The van der Waals surface area contributed by atoms with Gasteiger partial charge in [0.15, 0.2) is 11.5 Å². The van der Waals surface area contributed by atoms with Crippen molar-refractivity contribution in [3.05, 3.63) is 24.0 Å². The number of para-hydroxylation sites is 1. The third-order valence-electron chi connectivity index (χ3n) is 4.53. The molecule has 0 aliphatic carbocycles. The molecule has 8 nitrogen and oxygen atoms in total. The minimum atomic E-state index is 0.318. The summed E-state index contributed by atoms with van der Waals surface area (Å²) in [5.41, 5.74) is 7.51.